The van der Waals surface area contributed by atoms with Crippen LogP contribution in [0.1, 0.15) is 35.4 Å². The summed E-state index contributed by atoms with van der Waals surface area (Å²) >= 11 is 0. The molecular formula is C67H43N3O3. The van der Waals surface area contributed by atoms with Gasteiger partial charge in [-0.2, -0.15) is 0 Å². The molecule has 0 radical (unpaired) electrons. The maximum atomic E-state index is 6.84. The number of aryl methyl sites for hydroxylation is 1. The molecular weight excluding hydrogens is 895 g/mol. The number of fused-ring (bicyclic) bond motifs is 12. The minimum atomic E-state index is 0.366. The highest BCUT2D eigenvalue weighted by molar-refractivity contribution is 6.16. The Balaban J connectivity index is 0.796. The zero-order valence-electron chi connectivity index (χ0n) is 39.5. The zero-order chi connectivity index (χ0) is 48.0. The van der Waals surface area contributed by atoms with Gasteiger partial charge >= 0.3 is 0 Å². The molecule has 344 valence electrons. The third-order valence-electron chi connectivity index (χ3n) is 15.0. The number of hydrogen-bond acceptors (Lipinski definition) is 6. The molecule has 0 bridgehead atoms. The Kier molecular flexibility index (Phi) is 9.42. The molecule has 1 aliphatic carbocycles. The second kappa shape index (κ2) is 16.6. The molecule has 1 atom stereocenters. The lowest BCUT2D eigenvalue weighted by Crippen LogP contribution is -2.00. The van der Waals surface area contributed by atoms with Gasteiger partial charge in [0.05, 0.1) is 5.56 Å². The van der Waals surface area contributed by atoms with E-state index in [0.29, 0.717) is 23.4 Å². The van der Waals surface area contributed by atoms with Gasteiger partial charge in [-0.05, 0) is 112 Å². The molecule has 0 spiro atoms. The summed E-state index contributed by atoms with van der Waals surface area (Å²) in [7, 11) is 0. The molecule has 0 saturated carbocycles. The van der Waals surface area contributed by atoms with Crippen LogP contribution in [0.4, 0.5) is 0 Å². The van der Waals surface area contributed by atoms with Crippen LogP contribution >= 0.6 is 0 Å². The molecule has 1 unspecified atom stereocenters. The lowest BCUT2D eigenvalue weighted by Gasteiger charge is -2.15. The topological polar surface area (TPSA) is 78.1 Å². The second-order valence-corrected chi connectivity index (χ2v) is 19.3. The molecule has 0 N–H and O–H groups in total. The SMILES string of the molecule is c1ccc(CCCC2c3ccccc3-c3ccc(-c4ccc5c(c4)oc4cc(-c6cccc7c6oc6cccc(-c8nc(-c9ccccc9)nc(-c9cccc%10c9oc9ccccc9%10)n8)c67)ccc45)cc32)cc1. The average molecular weight is 938 g/mol. The van der Waals surface area contributed by atoms with Crippen LogP contribution in [0, 0.1) is 0 Å². The van der Waals surface area contributed by atoms with Gasteiger partial charge in [-0.1, -0.05) is 170 Å². The summed E-state index contributed by atoms with van der Waals surface area (Å²) < 4.78 is 20.1. The lowest BCUT2D eigenvalue weighted by atomic mass is 9.89. The Morgan fingerprint density at radius 2 is 0.890 bits per heavy atom. The standard InChI is InChI=1S/C67H43N3O3/c1-3-15-40(16-4-1)17-11-24-48-46-20-7-8-21-47(46)49-34-31-42(37-57(48)49)43-32-35-51-52-36-33-44(39-61(52)71-60(51)38-43)45-23-12-26-54-62-55(27-14-30-59(62)73-63(45)54)66-68-65(41-18-5-2-6-19-41)69-67(70-66)56-28-13-25-53-50-22-9-10-29-58(50)72-64(53)56/h1-10,12-16,18-23,25-39,48H,11,17,24H2. The fourth-order valence-corrected chi connectivity index (χ4v) is 11.6. The largest absolute Gasteiger partial charge is 0.456 e. The fourth-order valence-electron chi connectivity index (χ4n) is 11.6. The summed E-state index contributed by atoms with van der Waals surface area (Å²) in [4.78, 5) is 15.5. The van der Waals surface area contributed by atoms with Crippen molar-refractivity contribution < 1.29 is 13.3 Å². The van der Waals surface area contributed by atoms with Gasteiger partial charge in [0.15, 0.2) is 17.5 Å². The van der Waals surface area contributed by atoms with Crippen LogP contribution in [0.5, 0.6) is 0 Å². The van der Waals surface area contributed by atoms with Gasteiger partial charge in [0, 0.05) is 54.9 Å². The van der Waals surface area contributed by atoms with Crippen molar-refractivity contribution in [2.75, 3.05) is 0 Å². The van der Waals surface area contributed by atoms with Crippen LogP contribution in [0.2, 0.25) is 0 Å². The fraction of sp³-hybridized carbons (Fsp3) is 0.0597. The summed E-state index contributed by atoms with van der Waals surface area (Å²) in [5.74, 6) is 2.01. The van der Waals surface area contributed by atoms with Gasteiger partial charge in [0.1, 0.15) is 33.5 Å². The van der Waals surface area contributed by atoms with E-state index in [0.717, 1.165) is 118 Å². The molecule has 0 fully saturated rings. The number of rotatable bonds is 9. The van der Waals surface area contributed by atoms with E-state index >= 15 is 0 Å². The van der Waals surface area contributed by atoms with Crippen LogP contribution in [-0.2, 0) is 6.42 Å². The van der Waals surface area contributed by atoms with Crippen LogP contribution in [0.25, 0.3) is 133 Å². The highest BCUT2D eigenvalue weighted by Crippen LogP contribution is 2.49. The first-order valence-corrected chi connectivity index (χ1v) is 25.1. The van der Waals surface area contributed by atoms with Gasteiger partial charge in [0.25, 0.3) is 0 Å². The molecule has 4 aromatic heterocycles. The predicted molar refractivity (Wildman–Crippen MR) is 296 cm³/mol. The molecule has 6 nitrogen and oxygen atoms in total. The quantitative estimate of drug-likeness (QED) is 0.143. The molecule has 4 heterocycles. The smallest absolute Gasteiger partial charge is 0.167 e. The van der Waals surface area contributed by atoms with E-state index in [2.05, 4.69) is 146 Å². The summed E-state index contributed by atoms with van der Waals surface area (Å²) in [5.41, 5.74) is 18.6. The van der Waals surface area contributed by atoms with Crippen molar-refractivity contribution in [2.45, 2.75) is 25.2 Å². The molecule has 1 aliphatic rings. The first-order valence-electron chi connectivity index (χ1n) is 25.1. The van der Waals surface area contributed by atoms with Crippen molar-refractivity contribution >= 4 is 65.8 Å². The minimum Gasteiger partial charge on any atom is -0.456 e. The number of nitrogens with zero attached hydrogens (tertiary/aromatic N) is 3. The third-order valence-corrected chi connectivity index (χ3v) is 15.0. The zero-order valence-corrected chi connectivity index (χ0v) is 39.5. The second-order valence-electron chi connectivity index (χ2n) is 19.3. The van der Waals surface area contributed by atoms with Crippen molar-refractivity contribution in [3.63, 3.8) is 0 Å². The average Bonchev–Trinajstić information content (AvgIpc) is 4.22. The van der Waals surface area contributed by atoms with Gasteiger partial charge in [-0.25, -0.2) is 15.0 Å². The predicted octanol–water partition coefficient (Wildman–Crippen LogP) is 18.0. The first-order chi connectivity index (χ1) is 36.2. The number of hydrogen-bond donors (Lipinski definition) is 0. The van der Waals surface area contributed by atoms with E-state index in [1.165, 1.54) is 33.4 Å². The first kappa shape index (κ1) is 41.4. The van der Waals surface area contributed by atoms with Crippen LogP contribution in [0.15, 0.2) is 232 Å². The van der Waals surface area contributed by atoms with Gasteiger partial charge in [-0.15, -0.1) is 0 Å². The van der Waals surface area contributed by atoms with E-state index in [-0.39, 0.29) is 0 Å². The Labute approximate surface area is 419 Å². The molecule has 14 aromatic rings. The lowest BCUT2D eigenvalue weighted by molar-refractivity contribution is 0.668. The highest BCUT2D eigenvalue weighted by atomic mass is 16.3. The van der Waals surface area contributed by atoms with Gasteiger partial charge in [-0.3, -0.25) is 0 Å². The normalized spacial score (nSPS) is 13.2. The number of aromatic nitrogens is 3. The summed E-state index contributed by atoms with van der Waals surface area (Å²) in [6.45, 7) is 0. The Bertz CT molecular complexity index is 4490. The Hall–Kier alpha value is -9.39. The van der Waals surface area contributed by atoms with Crippen molar-refractivity contribution in [1.29, 1.82) is 0 Å². The van der Waals surface area contributed by atoms with E-state index < -0.39 is 0 Å². The van der Waals surface area contributed by atoms with Gasteiger partial charge in [0.2, 0.25) is 0 Å². The molecule has 10 aromatic carbocycles. The molecule has 15 rings (SSSR count). The molecule has 0 amide bonds. The van der Waals surface area contributed by atoms with Crippen molar-refractivity contribution in [1.82, 2.24) is 15.0 Å². The Morgan fingerprint density at radius 3 is 1.75 bits per heavy atom. The monoisotopic (exact) mass is 937 g/mol. The van der Waals surface area contributed by atoms with Crippen LogP contribution in [0.3, 0.4) is 0 Å². The number of furan rings is 3. The van der Waals surface area contributed by atoms with Crippen LogP contribution < -0.4 is 0 Å². The summed E-state index contributed by atoms with van der Waals surface area (Å²) in [5, 5.41) is 6.13. The van der Waals surface area contributed by atoms with Crippen molar-refractivity contribution in [3.05, 3.63) is 235 Å². The van der Waals surface area contributed by atoms with E-state index in [4.69, 9.17) is 28.2 Å². The molecule has 0 saturated heterocycles. The highest BCUT2D eigenvalue weighted by Gasteiger charge is 2.29. The van der Waals surface area contributed by atoms with E-state index in [9.17, 15) is 0 Å². The number of benzene rings is 10. The van der Waals surface area contributed by atoms with Crippen molar-refractivity contribution in [3.8, 4) is 67.5 Å². The van der Waals surface area contributed by atoms with E-state index in [1.54, 1.807) is 0 Å². The molecule has 6 heteroatoms. The molecule has 73 heavy (non-hydrogen) atoms. The number of para-hydroxylation sites is 3. The van der Waals surface area contributed by atoms with Crippen molar-refractivity contribution in [2.24, 2.45) is 0 Å². The minimum absolute atomic E-state index is 0.366. The maximum Gasteiger partial charge on any atom is 0.167 e. The summed E-state index contributed by atoms with van der Waals surface area (Å²) in [6, 6.07) is 76.7. The third kappa shape index (κ3) is 6.82. The van der Waals surface area contributed by atoms with Gasteiger partial charge < -0.3 is 13.3 Å². The maximum absolute atomic E-state index is 6.84. The summed E-state index contributed by atoms with van der Waals surface area (Å²) in [6.07, 6.45) is 3.32. The van der Waals surface area contributed by atoms with E-state index in [1.807, 2.05) is 72.8 Å². The van der Waals surface area contributed by atoms with Crippen LogP contribution in [-0.4, -0.2) is 15.0 Å². The Morgan fingerprint density at radius 1 is 0.329 bits per heavy atom. The molecule has 0 aliphatic heterocycles.